The molecule has 1 N–H and O–H groups in total. The molecule has 1 aromatic rings. The predicted octanol–water partition coefficient (Wildman–Crippen LogP) is 0.928. The number of hydrogen-bond acceptors (Lipinski definition) is 5. The van der Waals surface area contributed by atoms with Crippen molar-refractivity contribution in [3.05, 3.63) is 18.2 Å². The van der Waals surface area contributed by atoms with E-state index in [1.54, 1.807) is 23.8 Å². The topological polar surface area (TPSA) is 84.5 Å². The van der Waals surface area contributed by atoms with Crippen molar-refractivity contribution >= 4 is 10.0 Å². The Bertz CT molecular complexity index is 569. The van der Waals surface area contributed by atoms with E-state index in [9.17, 15) is 8.42 Å². The van der Waals surface area contributed by atoms with Crippen LogP contribution in [0.1, 0.15) is 31.1 Å². The highest BCUT2D eigenvalue weighted by Crippen LogP contribution is 2.35. The SMILES string of the molecule is CO[C@@H]1CC(c2ncc[nH]2)N(S(=O)(=O)CC2CCOCC2)C1. The van der Waals surface area contributed by atoms with E-state index in [2.05, 4.69) is 9.97 Å². The number of hydrogen-bond donors (Lipinski definition) is 1. The van der Waals surface area contributed by atoms with E-state index < -0.39 is 10.0 Å². The van der Waals surface area contributed by atoms with Crippen LogP contribution < -0.4 is 0 Å². The minimum Gasteiger partial charge on any atom is -0.381 e. The number of nitrogens with one attached hydrogen (secondary N) is 1. The minimum absolute atomic E-state index is 0.0837. The summed E-state index contributed by atoms with van der Waals surface area (Å²) in [5.74, 6) is 1.05. The molecule has 8 heteroatoms. The fourth-order valence-corrected chi connectivity index (χ4v) is 5.35. The summed E-state index contributed by atoms with van der Waals surface area (Å²) in [6.07, 6.45) is 5.55. The van der Waals surface area contributed by atoms with E-state index in [0.29, 0.717) is 32.0 Å². The Labute approximate surface area is 131 Å². The van der Waals surface area contributed by atoms with Gasteiger partial charge >= 0.3 is 0 Å². The molecule has 124 valence electrons. The summed E-state index contributed by atoms with van der Waals surface area (Å²) < 4.78 is 38.0. The summed E-state index contributed by atoms with van der Waals surface area (Å²) >= 11 is 0. The first kappa shape index (κ1) is 15.9. The predicted molar refractivity (Wildman–Crippen MR) is 80.8 cm³/mol. The normalized spacial score (nSPS) is 28.2. The van der Waals surface area contributed by atoms with Gasteiger partial charge in [-0.3, -0.25) is 0 Å². The van der Waals surface area contributed by atoms with Gasteiger partial charge in [-0.15, -0.1) is 0 Å². The lowest BCUT2D eigenvalue weighted by Gasteiger charge is -2.27. The second-order valence-electron chi connectivity index (χ2n) is 5.99. The number of ether oxygens (including phenoxy) is 2. The Kier molecular flexibility index (Phi) is 4.82. The first-order chi connectivity index (χ1) is 10.6. The second kappa shape index (κ2) is 6.66. The molecule has 3 rings (SSSR count). The van der Waals surface area contributed by atoms with Gasteiger partial charge in [0.15, 0.2) is 0 Å². The zero-order valence-corrected chi connectivity index (χ0v) is 13.6. The highest BCUT2D eigenvalue weighted by Gasteiger charge is 2.42. The van der Waals surface area contributed by atoms with Crippen LogP contribution >= 0.6 is 0 Å². The van der Waals surface area contributed by atoms with Crippen molar-refractivity contribution in [2.45, 2.75) is 31.4 Å². The van der Waals surface area contributed by atoms with E-state index in [1.165, 1.54) is 0 Å². The van der Waals surface area contributed by atoms with Crippen LogP contribution in [0.4, 0.5) is 0 Å². The maximum Gasteiger partial charge on any atom is 0.215 e. The molecule has 2 aliphatic rings. The molecule has 0 amide bonds. The van der Waals surface area contributed by atoms with Gasteiger partial charge in [0.1, 0.15) is 5.82 Å². The van der Waals surface area contributed by atoms with Crippen LogP contribution in [0, 0.1) is 5.92 Å². The second-order valence-corrected chi connectivity index (χ2v) is 7.95. The molecule has 0 aliphatic carbocycles. The Morgan fingerprint density at radius 3 is 2.86 bits per heavy atom. The molecule has 2 saturated heterocycles. The molecule has 7 nitrogen and oxygen atoms in total. The van der Waals surface area contributed by atoms with Crippen molar-refractivity contribution in [1.82, 2.24) is 14.3 Å². The van der Waals surface area contributed by atoms with Crippen molar-refractivity contribution in [3.8, 4) is 0 Å². The van der Waals surface area contributed by atoms with Crippen molar-refractivity contribution in [3.63, 3.8) is 0 Å². The Morgan fingerprint density at radius 2 is 2.23 bits per heavy atom. The number of aromatic amines is 1. The van der Waals surface area contributed by atoms with Gasteiger partial charge in [-0.2, -0.15) is 4.31 Å². The first-order valence-corrected chi connectivity index (χ1v) is 9.30. The fourth-order valence-electron chi connectivity index (χ4n) is 3.26. The van der Waals surface area contributed by atoms with E-state index >= 15 is 0 Å². The minimum atomic E-state index is -3.34. The fraction of sp³-hybridized carbons (Fsp3) is 0.786. The quantitative estimate of drug-likeness (QED) is 0.868. The highest BCUT2D eigenvalue weighted by atomic mass is 32.2. The summed E-state index contributed by atoms with van der Waals surface area (Å²) in [4.78, 5) is 7.28. The van der Waals surface area contributed by atoms with Gasteiger partial charge in [0.05, 0.1) is 17.9 Å². The number of aromatic nitrogens is 2. The van der Waals surface area contributed by atoms with Gasteiger partial charge in [0.25, 0.3) is 0 Å². The molecule has 2 atom stereocenters. The van der Waals surface area contributed by atoms with Crippen LogP contribution in [0.5, 0.6) is 0 Å². The van der Waals surface area contributed by atoms with E-state index in [1.807, 2.05) is 0 Å². The molecular formula is C14H23N3O4S. The average Bonchev–Trinajstić information content (AvgIpc) is 3.17. The average molecular weight is 329 g/mol. The third kappa shape index (κ3) is 3.34. The third-order valence-electron chi connectivity index (χ3n) is 4.53. The highest BCUT2D eigenvalue weighted by molar-refractivity contribution is 7.89. The van der Waals surface area contributed by atoms with Gasteiger partial charge < -0.3 is 14.5 Å². The Balaban J connectivity index is 1.77. The maximum absolute atomic E-state index is 12.9. The van der Waals surface area contributed by atoms with Crippen molar-refractivity contribution in [1.29, 1.82) is 0 Å². The van der Waals surface area contributed by atoms with Crippen LogP contribution in [0.25, 0.3) is 0 Å². The van der Waals surface area contributed by atoms with E-state index in [4.69, 9.17) is 9.47 Å². The number of imidazole rings is 1. The lowest BCUT2D eigenvalue weighted by molar-refractivity contribution is 0.0719. The third-order valence-corrected chi connectivity index (χ3v) is 6.54. The molecule has 1 unspecified atom stereocenters. The zero-order valence-electron chi connectivity index (χ0n) is 12.8. The zero-order chi connectivity index (χ0) is 15.6. The summed E-state index contributed by atoms with van der Waals surface area (Å²) in [5.41, 5.74) is 0. The van der Waals surface area contributed by atoms with E-state index in [0.717, 1.165) is 12.8 Å². The van der Waals surface area contributed by atoms with Crippen LogP contribution in [0.2, 0.25) is 0 Å². The largest absolute Gasteiger partial charge is 0.381 e. The molecule has 2 fully saturated rings. The molecule has 0 aromatic carbocycles. The lowest BCUT2D eigenvalue weighted by Crippen LogP contribution is -2.37. The Morgan fingerprint density at radius 1 is 1.45 bits per heavy atom. The smallest absolute Gasteiger partial charge is 0.215 e. The van der Waals surface area contributed by atoms with Crippen LogP contribution in [0.15, 0.2) is 12.4 Å². The maximum atomic E-state index is 12.9. The van der Waals surface area contributed by atoms with Crippen LogP contribution in [-0.2, 0) is 19.5 Å². The van der Waals surface area contributed by atoms with Crippen molar-refractivity contribution in [2.24, 2.45) is 5.92 Å². The summed E-state index contributed by atoms with van der Waals surface area (Å²) in [7, 11) is -1.72. The van der Waals surface area contributed by atoms with Crippen molar-refractivity contribution < 1.29 is 17.9 Å². The van der Waals surface area contributed by atoms with Gasteiger partial charge in [-0.1, -0.05) is 0 Å². The Hall–Kier alpha value is -0.960. The van der Waals surface area contributed by atoms with Crippen LogP contribution in [0.3, 0.4) is 0 Å². The van der Waals surface area contributed by atoms with Gasteiger partial charge in [0.2, 0.25) is 10.0 Å². The van der Waals surface area contributed by atoms with E-state index in [-0.39, 0.29) is 23.8 Å². The monoisotopic (exact) mass is 329 g/mol. The molecule has 3 heterocycles. The molecule has 0 bridgehead atoms. The summed E-state index contributed by atoms with van der Waals surface area (Å²) in [6.45, 7) is 1.71. The number of rotatable bonds is 5. The summed E-state index contributed by atoms with van der Waals surface area (Å²) in [5, 5.41) is 0. The molecule has 1 aromatic heterocycles. The van der Waals surface area contributed by atoms with Gasteiger partial charge in [-0.25, -0.2) is 13.4 Å². The van der Waals surface area contributed by atoms with Gasteiger partial charge in [-0.05, 0) is 25.2 Å². The standard InChI is InChI=1S/C14H23N3O4S/c1-20-12-8-13(14-15-4-5-16-14)17(9-12)22(18,19)10-11-2-6-21-7-3-11/h4-5,11-13H,2-3,6-10H2,1H3,(H,15,16)/t12-,13?/m1/s1. The molecule has 0 radical (unpaired) electrons. The number of methoxy groups -OCH3 is 1. The van der Waals surface area contributed by atoms with Gasteiger partial charge in [0, 0.05) is 39.3 Å². The molecule has 2 aliphatic heterocycles. The van der Waals surface area contributed by atoms with Crippen molar-refractivity contribution in [2.75, 3.05) is 32.6 Å². The molecule has 22 heavy (non-hydrogen) atoms. The first-order valence-electron chi connectivity index (χ1n) is 7.69. The lowest BCUT2D eigenvalue weighted by atomic mass is 10.0. The molecular weight excluding hydrogens is 306 g/mol. The van der Waals surface area contributed by atoms with Crippen LogP contribution in [-0.4, -0.2) is 61.4 Å². The summed E-state index contributed by atoms with van der Waals surface area (Å²) in [6, 6.07) is -0.259. The number of sulfonamides is 1. The molecule has 0 spiro atoms. The molecule has 0 saturated carbocycles. The number of nitrogens with zero attached hydrogens (tertiary/aromatic N) is 2. The number of H-pyrrole nitrogens is 1.